The molecule has 0 aliphatic heterocycles. The van der Waals surface area contributed by atoms with Gasteiger partial charge in [-0.05, 0) is 0 Å². The zero-order valence-electron chi connectivity index (χ0n) is 6.15. The SMILES string of the molecule is [Mn].c1cc[cH-]c1.c1cc[cH-]c1. The summed E-state index contributed by atoms with van der Waals surface area (Å²) in [5.41, 5.74) is 0. The van der Waals surface area contributed by atoms with Gasteiger partial charge in [-0.2, -0.15) is 36.4 Å². The molecule has 0 saturated carbocycles. The molecule has 11 heavy (non-hydrogen) atoms. The second-order valence-electron chi connectivity index (χ2n) is 1.92. The molecule has 2 aromatic carbocycles. The molecule has 2 aromatic rings. The summed E-state index contributed by atoms with van der Waals surface area (Å²) in [6.45, 7) is 0. The van der Waals surface area contributed by atoms with Gasteiger partial charge in [-0.3, -0.25) is 0 Å². The van der Waals surface area contributed by atoms with Crippen LogP contribution >= 0.6 is 0 Å². The predicted molar refractivity (Wildman–Crippen MR) is 44.1 cm³/mol. The molecule has 0 spiro atoms. The van der Waals surface area contributed by atoms with Gasteiger partial charge in [-0.15, -0.1) is 0 Å². The summed E-state index contributed by atoms with van der Waals surface area (Å²) in [4.78, 5) is 0. The van der Waals surface area contributed by atoms with E-state index < -0.39 is 0 Å². The first-order valence-corrected chi connectivity index (χ1v) is 3.33. The largest absolute Gasteiger partial charge is 0.214 e. The van der Waals surface area contributed by atoms with Crippen molar-refractivity contribution >= 4 is 0 Å². The Morgan fingerprint density at radius 3 is 0.909 bits per heavy atom. The van der Waals surface area contributed by atoms with E-state index in [0.29, 0.717) is 0 Å². The molecule has 0 bridgehead atoms. The average molecular weight is 185 g/mol. The summed E-state index contributed by atoms with van der Waals surface area (Å²) in [5.74, 6) is 0. The van der Waals surface area contributed by atoms with E-state index in [1.54, 1.807) is 0 Å². The van der Waals surface area contributed by atoms with Crippen molar-refractivity contribution in [2.45, 2.75) is 0 Å². The Labute approximate surface area is 78.1 Å². The Morgan fingerprint density at radius 1 is 0.545 bits per heavy atom. The smallest absolute Gasteiger partial charge is 0 e. The second kappa shape index (κ2) is 7.33. The maximum Gasteiger partial charge on any atom is 0 e. The van der Waals surface area contributed by atoms with Gasteiger partial charge < -0.3 is 0 Å². The molecule has 0 amide bonds. The van der Waals surface area contributed by atoms with E-state index in [1.807, 2.05) is 60.7 Å². The summed E-state index contributed by atoms with van der Waals surface area (Å²) < 4.78 is 0. The van der Waals surface area contributed by atoms with Crippen molar-refractivity contribution in [1.82, 2.24) is 0 Å². The molecule has 0 fully saturated rings. The van der Waals surface area contributed by atoms with Crippen molar-refractivity contribution in [2.75, 3.05) is 0 Å². The Bertz CT molecular complexity index is 144. The first kappa shape index (κ1) is 10.2. The van der Waals surface area contributed by atoms with E-state index in [2.05, 4.69) is 0 Å². The first-order valence-electron chi connectivity index (χ1n) is 3.33. The fraction of sp³-hybridized carbons (Fsp3) is 0. The maximum atomic E-state index is 2.00. The van der Waals surface area contributed by atoms with E-state index >= 15 is 0 Å². The molecule has 0 N–H and O–H groups in total. The van der Waals surface area contributed by atoms with Gasteiger partial charge in [0, 0.05) is 17.1 Å². The molecule has 1 heteroatoms. The summed E-state index contributed by atoms with van der Waals surface area (Å²) in [5, 5.41) is 0. The van der Waals surface area contributed by atoms with E-state index in [4.69, 9.17) is 0 Å². The molecule has 0 unspecified atom stereocenters. The molecule has 0 atom stereocenters. The van der Waals surface area contributed by atoms with E-state index in [-0.39, 0.29) is 17.1 Å². The molecular formula is C10H10Mn-2. The molecule has 0 heterocycles. The number of rotatable bonds is 0. The van der Waals surface area contributed by atoms with Crippen molar-refractivity contribution < 1.29 is 17.1 Å². The van der Waals surface area contributed by atoms with Crippen molar-refractivity contribution in [3.05, 3.63) is 60.7 Å². The molecule has 0 aliphatic carbocycles. The number of hydrogen-bond donors (Lipinski definition) is 0. The zero-order valence-corrected chi connectivity index (χ0v) is 7.33. The third-order valence-corrected chi connectivity index (χ3v) is 1.11. The minimum atomic E-state index is 0. The van der Waals surface area contributed by atoms with Gasteiger partial charge >= 0.3 is 0 Å². The van der Waals surface area contributed by atoms with Crippen LogP contribution in [0.5, 0.6) is 0 Å². The third kappa shape index (κ3) is 5.65. The van der Waals surface area contributed by atoms with Crippen molar-refractivity contribution in [2.24, 2.45) is 0 Å². The zero-order chi connectivity index (χ0) is 7.07. The van der Waals surface area contributed by atoms with Crippen LogP contribution in [0.2, 0.25) is 0 Å². The second-order valence-corrected chi connectivity index (χ2v) is 1.92. The average Bonchev–Trinajstić information content (AvgIpc) is 2.67. The summed E-state index contributed by atoms with van der Waals surface area (Å²) in [6, 6.07) is 20.0. The Balaban J connectivity index is 0.000000167. The molecule has 0 nitrogen and oxygen atoms in total. The van der Waals surface area contributed by atoms with Gasteiger partial charge in [0.25, 0.3) is 0 Å². The van der Waals surface area contributed by atoms with E-state index in [1.165, 1.54) is 0 Å². The number of hydrogen-bond acceptors (Lipinski definition) is 0. The van der Waals surface area contributed by atoms with Gasteiger partial charge in [-0.1, -0.05) is 0 Å². The Hall–Kier alpha value is -0.781. The molecule has 0 aromatic heterocycles. The summed E-state index contributed by atoms with van der Waals surface area (Å²) in [7, 11) is 0. The van der Waals surface area contributed by atoms with Crippen LogP contribution < -0.4 is 0 Å². The van der Waals surface area contributed by atoms with Gasteiger partial charge in [0.2, 0.25) is 0 Å². The molecule has 2 rings (SSSR count). The van der Waals surface area contributed by atoms with Crippen molar-refractivity contribution in [3.63, 3.8) is 0 Å². The van der Waals surface area contributed by atoms with Gasteiger partial charge in [0.1, 0.15) is 0 Å². The monoisotopic (exact) mass is 185 g/mol. The van der Waals surface area contributed by atoms with Gasteiger partial charge in [-0.25, -0.2) is 24.3 Å². The standard InChI is InChI=1S/2C5H5.Mn/c2*1-2-4-5-3-1;/h2*1-5H;/q2*-1;. The maximum absolute atomic E-state index is 2.00. The minimum absolute atomic E-state index is 0. The van der Waals surface area contributed by atoms with Gasteiger partial charge in [0.15, 0.2) is 0 Å². The van der Waals surface area contributed by atoms with Gasteiger partial charge in [0.05, 0.1) is 0 Å². The van der Waals surface area contributed by atoms with Crippen LogP contribution in [-0.2, 0) is 17.1 Å². The Kier molecular flexibility index (Phi) is 6.81. The van der Waals surface area contributed by atoms with Crippen molar-refractivity contribution in [1.29, 1.82) is 0 Å². The molecule has 1 radical (unpaired) electrons. The van der Waals surface area contributed by atoms with E-state index in [0.717, 1.165) is 0 Å². The van der Waals surface area contributed by atoms with Crippen LogP contribution in [-0.4, -0.2) is 0 Å². The van der Waals surface area contributed by atoms with Crippen LogP contribution in [0, 0.1) is 0 Å². The quantitative estimate of drug-likeness (QED) is 0.437. The summed E-state index contributed by atoms with van der Waals surface area (Å²) in [6.07, 6.45) is 0. The van der Waals surface area contributed by atoms with Crippen molar-refractivity contribution in [3.8, 4) is 0 Å². The molecule has 0 aliphatic rings. The van der Waals surface area contributed by atoms with Crippen LogP contribution in [0.4, 0.5) is 0 Å². The molecule has 59 valence electrons. The fourth-order valence-electron chi connectivity index (χ4n) is 0.642. The van der Waals surface area contributed by atoms with E-state index in [9.17, 15) is 0 Å². The Morgan fingerprint density at radius 2 is 0.818 bits per heavy atom. The molecular weight excluding hydrogens is 175 g/mol. The van der Waals surface area contributed by atoms with Crippen LogP contribution in [0.1, 0.15) is 0 Å². The van der Waals surface area contributed by atoms with Crippen LogP contribution in [0.3, 0.4) is 0 Å². The van der Waals surface area contributed by atoms with Crippen LogP contribution in [0.15, 0.2) is 60.7 Å². The predicted octanol–water partition coefficient (Wildman–Crippen LogP) is 2.81. The minimum Gasteiger partial charge on any atom is -0.214 e. The van der Waals surface area contributed by atoms with Crippen LogP contribution in [0.25, 0.3) is 0 Å². The topological polar surface area (TPSA) is 0 Å². The third-order valence-electron chi connectivity index (χ3n) is 1.11. The normalized spacial score (nSPS) is 7.27. The first-order chi connectivity index (χ1) is 5.00. The fourth-order valence-corrected chi connectivity index (χ4v) is 0.642. The summed E-state index contributed by atoms with van der Waals surface area (Å²) >= 11 is 0. The molecule has 0 saturated heterocycles.